The molecule has 0 atom stereocenters. The normalized spacial score (nSPS) is 9.33. The predicted octanol–water partition coefficient (Wildman–Crippen LogP) is 1.87. The number of benzene rings is 2. The van der Waals surface area contributed by atoms with Crippen molar-refractivity contribution < 1.29 is 9.90 Å². The van der Waals surface area contributed by atoms with Gasteiger partial charge >= 0.3 is 6.03 Å². The van der Waals surface area contributed by atoms with E-state index in [2.05, 4.69) is 0 Å². The van der Waals surface area contributed by atoms with E-state index < -0.39 is 6.03 Å². The second-order valence-corrected chi connectivity index (χ2v) is 4.01. The molecule has 5 N–H and O–H groups in total. The van der Waals surface area contributed by atoms with Gasteiger partial charge in [-0.15, -0.1) is 0 Å². The highest BCUT2D eigenvalue weighted by atomic mass is 16.2. The molecule has 0 unspecified atom stereocenters. The molecule has 2 rings (SSSR count). The van der Waals surface area contributed by atoms with Crippen LogP contribution in [-0.4, -0.2) is 17.7 Å². The maximum absolute atomic E-state index is 12.0. The second kappa shape index (κ2) is 8.70. The number of para-hydroxylation sites is 2. The molecule has 2 aromatic carbocycles. The summed E-state index contributed by atoms with van der Waals surface area (Å²) >= 11 is 0. The van der Waals surface area contributed by atoms with Crippen molar-refractivity contribution in [2.24, 2.45) is 11.7 Å². The average molecular weight is 288 g/mol. The Hall–Kier alpha value is -2.41. The number of aliphatic hydroxyl groups is 1. The zero-order valence-corrected chi connectivity index (χ0v) is 11.9. The number of anilines is 2. The summed E-state index contributed by atoms with van der Waals surface area (Å²) in [5.41, 5.74) is 1.16. The van der Waals surface area contributed by atoms with Gasteiger partial charge in [0, 0.05) is 6.61 Å². The van der Waals surface area contributed by atoms with Gasteiger partial charge in [0.25, 0.3) is 0 Å². The van der Waals surface area contributed by atoms with E-state index in [0.717, 1.165) is 10.0 Å². The molecule has 0 radical (unpaired) electrons. The smallest absolute Gasteiger partial charge is 0.357 e. The number of urea groups is 1. The third kappa shape index (κ3) is 4.88. The van der Waals surface area contributed by atoms with E-state index in [1.165, 1.54) is 0 Å². The Bertz CT molecular complexity index is 486. The van der Waals surface area contributed by atoms with Crippen molar-refractivity contribution in [1.29, 1.82) is 0 Å². The standard InChI is InChI=1S/C13H14N4O.C2H6O/c14-16(11-7-3-1-4-8-11)13(18)17(15)12-9-5-2-6-10-12;1-2-3/h1-10H,14-15H2;3H,2H2,1H3. The molecule has 112 valence electrons. The Morgan fingerprint density at radius 1 is 0.905 bits per heavy atom. The number of carbonyl (C=O) groups excluding carboxylic acids is 1. The fourth-order valence-corrected chi connectivity index (χ4v) is 1.51. The monoisotopic (exact) mass is 288 g/mol. The van der Waals surface area contributed by atoms with Gasteiger partial charge < -0.3 is 5.11 Å². The van der Waals surface area contributed by atoms with Crippen molar-refractivity contribution in [2.45, 2.75) is 6.92 Å². The van der Waals surface area contributed by atoms with Crippen LogP contribution in [0.4, 0.5) is 16.2 Å². The van der Waals surface area contributed by atoms with Crippen LogP contribution in [0.5, 0.6) is 0 Å². The molecule has 0 spiro atoms. The number of rotatable bonds is 2. The zero-order valence-electron chi connectivity index (χ0n) is 11.9. The first-order valence-electron chi connectivity index (χ1n) is 6.46. The number of nitrogens with two attached hydrogens (primary N) is 2. The highest BCUT2D eigenvalue weighted by molar-refractivity contribution is 6.01. The summed E-state index contributed by atoms with van der Waals surface area (Å²) in [5, 5.41) is 9.58. The molecule has 0 saturated carbocycles. The number of nitrogens with zero attached hydrogens (tertiary/aromatic N) is 2. The number of hydrogen-bond donors (Lipinski definition) is 3. The molecule has 0 fully saturated rings. The Balaban J connectivity index is 0.000000677. The van der Waals surface area contributed by atoms with Crippen molar-refractivity contribution in [3.8, 4) is 0 Å². The van der Waals surface area contributed by atoms with Crippen LogP contribution in [0.2, 0.25) is 0 Å². The second-order valence-electron chi connectivity index (χ2n) is 4.01. The van der Waals surface area contributed by atoms with Crippen LogP contribution in [0.1, 0.15) is 6.92 Å². The molecule has 21 heavy (non-hydrogen) atoms. The van der Waals surface area contributed by atoms with Crippen LogP contribution in [0.25, 0.3) is 0 Å². The van der Waals surface area contributed by atoms with E-state index in [1.54, 1.807) is 55.5 Å². The third-order valence-corrected chi connectivity index (χ3v) is 2.48. The summed E-state index contributed by atoms with van der Waals surface area (Å²) in [5.74, 6) is 11.5. The van der Waals surface area contributed by atoms with Crippen LogP contribution in [0.15, 0.2) is 60.7 Å². The maximum atomic E-state index is 12.0. The van der Waals surface area contributed by atoms with Crippen molar-refractivity contribution >= 4 is 17.4 Å². The fourth-order valence-electron chi connectivity index (χ4n) is 1.51. The summed E-state index contributed by atoms with van der Waals surface area (Å²) in [6.07, 6.45) is 0. The highest BCUT2D eigenvalue weighted by Crippen LogP contribution is 2.15. The van der Waals surface area contributed by atoms with E-state index in [4.69, 9.17) is 16.8 Å². The van der Waals surface area contributed by atoms with Gasteiger partial charge in [-0.05, 0) is 31.2 Å². The molecule has 0 aliphatic heterocycles. The maximum Gasteiger partial charge on any atom is 0.357 e. The lowest BCUT2D eigenvalue weighted by molar-refractivity contribution is 0.251. The Morgan fingerprint density at radius 3 is 1.48 bits per heavy atom. The topological polar surface area (TPSA) is 95.8 Å². The van der Waals surface area contributed by atoms with Crippen LogP contribution in [0, 0.1) is 0 Å². The summed E-state index contributed by atoms with van der Waals surface area (Å²) < 4.78 is 0. The van der Waals surface area contributed by atoms with Crippen LogP contribution in [-0.2, 0) is 0 Å². The minimum Gasteiger partial charge on any atom is -0.397 e. The quantitative estimate of drug-likeness (QED) is 0.446. The molecule has 0 heterocycles. The first-order valence-corrected chi connectivity index (χ1v) is 6.46. The number of amides is 2. The van der Waals surface area contributed by atoms with Crippen LogP contribution in [0.3, 0.4) is 0 Å². The SMILES string of the molecule is CCO.NN(C(=O)N(N)c1ccccc1)c1ccccc1. The lowest BCUT2D eigenvalue weighted by Crippen LogP contribution is -2.50. The van der Waals surface area contributed by atoms with Crippen molar-refractivity contribution in [1.82, 2.24) is 0 Å². The Morgan fingerprint density at radius 2 is 1.19 bits per heavy atom. The van der Waals surface area contributed by atoms with Gasteiger partial charge in [-0.25, -0.2) is 26.5 Å². The van der Waals surface area contributed by atoms with E-state index in [0.29, 0.717) is 11.4 Å². The summed E-state index contributed by atoms with van der Waals surface area (Å²) in [4.78, 5) is 12.0. The molecule has 0 aliphatic rings. The molecule has 0 saturated heterocycles. The molecule has 2 amide bonds. The predicted molar refractivity (Wildman–Crippen MR) is 84.4 cm³/mol. The molecule has 6 nitrogen and oxygen atoms in total. The average Bonchev–Trinajstić information content (AvgIpc) is 2.55. The van der Waals surface area contributed by atoms with E-state index in [1.807, 2.05) is 12.1 Å². The number of aliphatic hydroxyl groups excluding tert-OH is 1. The molecular formula is C15H20N4O2. The molecule has 0 aliphatic carbocycles. The number of hydrazine groups is 2. The molecule has 2 aromatic rings. The molecule has 0 aromatic heterocycles. The Kier molecular flexibility index (Phi) is 6.90. The minimum atomic E-state index is -0.507. The summed E-state index contributed by atoms with van der Waals surface area (Å²) in [7, 11) is 0. The lowest BCUT2D eigenvalue weighted by Gasteiger charge is -2.23. The first-order chi connectivity index (χ1) is 10.1. The molecular weight excluding hydrogens is 268 g/mol. The van der Waals surface area contributed by atoms with Gasteiger partial charge in [0.2, 0.25) is 0 Å². The van der Waals surface area contributed by atoms with Gasteiger partial charge in [0.05, 0.1) is 11.4 Å². The van der Waals surface area contributed by atoms with Gasteiger partial charge in [-0.2, -0.15) is 0 Å². The molecule has 6 heteroatoms. The third-order valence-electron chi connectivity index (χ3n) is 2.48. The van der Waals surface area contributed by atoms with Gasteiger partial charge in [0.1, 0.15) is 0 Å². The van der Waals surface area contributed by atoms with Crippen molar-refractivity contribution in [3.63, 3.8) is 0 Å². The van der Waals surface area contributed by atoms with Crippen LogP contribution >= 0.6 is 0 Å². The van der Waals surface area contributed by atoms with Gasteiger partial charge in [0.15, 0.2) is 0 Å². The Labute approximate surface area is 124 Å². The van der Waals surface area contributed by atoms with Gasteiger partial charge in [-0.3, -0.25) is 0 Å². The van der Waals surface area contributed by atoms with Crippen LogP contribution < -0.4 is 21.7 Å². The van der Waals surface area contributed by atoms with E-state index in [-0.39, 0.29) is 6.61 Å². The highest BCUT2D eigenvalue weighted by Gasteiger charge is 2.18. The zero-order chi connectivity index (χ0) is 15.7. The van der Waals surface area contributed by atoms with E-state index >= 15 is 0 Å². The largest absolute Gasteiger partial charge is 0.397 e. The number of hydrogen-bond acceptors (Lipinski definition) is 4. The van der Waals surface area contributed by atoms with Gasteiger partial charge in [-0.1, -0.05) is 36.4 Å². The first kappa shape index (κ1) is 16.6. The van der Waals surface area contributed by atoms with Crippen molar-refractivity contribution in [3.05, 3.63) is 60.7 Å². The fraction of sp³-hybridized carbons (Fsp3) is 0.133. The number of carbonyl (C=O) groups is 1. The minimum absolute atomic E-state index is 0.250. The van der Waals surface area contributed by atoms with E-state index in [9.17, 15) is 4.79 Å². The van der Waals surface area contributed by atoms with Crippen molar-refractivity contribution in [2.75, 3.05) is 16.6 Å². The summed E-state index contributed by atoms with van der Waals surface area (Å²) in [6, 6.07) is 17.3. The lowest BCUT2D eigenvalue weighted by atomic mass is 10.3. The summed E-state index contributed by atoms with van der Waals surface area (Å²) in [6.45, 7) is 1.93. The molecule has 0 bridgehead atoms.